The second-order valence-electron chi connectivity index (χ2n) is 7.84. The molecule has 1 atom stereocenters. The largest absolute Gasteiger partial charge is 0.490 e. The monoisotopic (exact) mass is 294 g/mol. The Morgan fingerprint density at radius 3 is 2.19 bits per heavy atom. The molecule has 0 bridgehead atoms. The highest BCUT2D eigenvalue weighted by molar-refractivity contribution is 6.54. The first-order valence-electron chi connectivity index (χ1n) is 7.62. The topological polar surface area (TPSA) is 44.8 Å². The van der Waals surface area contributed by atoms with Crippen LogP contribution in [0.1, 0.15) is 54.4 Å². The van der Waals surface area contributed by atoms with E-state index in [4.69, 9.17) is 14.0 Å². The Morgan fingerprint density at radius 2 is 1.71 bits per heavy atom. The van der Waals surface area contributed by atoms with E-state index < -0.39 is 0 Å². The number of carbonyl (C=O) groups is 1. The maximum atomic E-state index is 12.1. The van der Waals surface area contributed by atoms with Gasteiger partial charge in [-0.3, -0.25) is 4.79 Å². The van der Waals surface area contributed by atoms with Crippen LogP contribution in [0.5, 0.6) is 0 Å². The predicted octanol–water partition coefficient (Wildman–Crippen LogP) is 3.15. The minimum Gasteiger partial charge on any atom is -0.469 e. The van der Waals surface area contributed by atoms with E-state index in [9.17, 15) is 4.79 Å². The van der Waals surface area contributed by atoms with Gasteiger partial charge >= 0.3 is 13.1 Å². The Kier molecular flexibility index (Phi) is 4.05. The van der Waals surface area contributed by atoms with Crippen molar-refractivity contribution in [2.75, 3.05) is 7.11 Å². The van der Waals surface area contributed by atoms with E-state index in [1.54, 1.807) is 0 Å². The summed E-state index contributed by atoms with van der Waals surface area (Å²) in [7, 11) is 1.09. The summed E-state index contributed by atoms with van der Waals surface area (Å²) in [5, 5.41) is 0. The SMILES string of the molecule is COC(=O)[C@@H]1CC(B2OC(C)(C)C(C)(C)O2)=CCC1(C)C. The fraction of sp³-hybridized carbons (Fsp3) is 0.812. The van der Waals surface area contributed by atoms with E-state index >= 15 is 0 Å². The summed E-state index contributed by atoms with van der Waals surface area (Å²) in [6.07, 6.45) is 3.63. The summed E-state index contributed by atoms with van der Waals surface area (Å²) in [5.41, 5.74) is 0.252. The van der Waals surface area contributed by atoms with Gasteiger partial charge in [-0.25, -0.2) is 0 Å². The van der Waals surface area contributed by atoms with Gasteiger partial charge in [0, 0.05) is 0 Å². The molecular formula is C16H27BO4. The van der Waals surface area contributed by atoms with Gasteiger partial charge in [0.2, 0.25) is 0 Å². The molecule has 0 radical (unpaired) electrons. The number of hydrogen-bond acceptors (Lipinski definition) is 4. The molecule has 1 heterocycles. The number of carbonyl (C=O) groups excluding carboxylic acids is 1. The van der Waals surface area contributed by atoms with E-state index in [1.807, 2.05) is 27.7 Å². The molecule has 1 aliphatic heterocycles. The molecule has 1 fully saturated rings. The highest BCUT2D eigenvalue weighted by atomic mass is 16.7. The number of methoxy groups -OCH3 is 1. The maximum absolute atomic E-state index is 12.1. The molecule has 0 saturated carbocycles. The molecule has 0 N–H and O–H groups in total. The molecule has 1 saturated heterocycles. The molecule has 2 rings (SSSR count). The first kappa shape index (κ1) is 16.6. The minimum atomic E-state index is -0.363. The molecule has 0 aromatic heterocycles. The summed E-state index contributed by atoms with van der Waals surface area (Å²) >= 11 is 0. The van der Waals surface area contributed by atoms with Crippen molar-refractivity contribution in [1.29, 1.82) is 0 Å². The maximum Gasteiger partial charge on any atom is 0.490 e. The van der Waals surface area contributed by atoms with E-state index in [1.165, 1.54) is 7.11 Å². The van der Waals surface area contributed by atoms with Gasteiger partial charge in [-0.1, -0.05) is 19.9 Å². The lowest BCUT2D eigenvalue weighted by Crippen LogP contribution is -2.41. The Labute approximate surface area is 128 Å². The number of ether oxygens (including phenoxy) is 1. The van der Waals surface area contributed by atoms with E-state index in [0.29, 0.717) is 6.42 Å². The Bertz CT molecular complexity index is 449. The normalized spacial score (nSPS) is 30.0. The van der Waals surface area contributed by atoms with Crippen LogP contribution in [0.3, 0.4) is 0 Å². The summed E-state index contributed by atoms with van der Waals surface area (Å²) in [4.78, 5) is 12.1. The lowest BCUT2D eigenvalue weighted by atomic mass is 9.62. The van der Waals surface area contributed by atoms with Gasteiger partial charge in [0.1, 0.15) is 0 Å². The smallest absolute Gasteiger partial charge is 0.469 e. The number of esters is 1. The van der Waals surface area contributed by atoms with Crippen LogP contribution in [0.15, 0.2) is 11.5 Å². The Hall–Kier alpha value is -0.805. The molecule has 0 aromatic rings. The molecule has 5 heteroatoms. The van der Waals surface area contributed by atoms with Crippen molar-refractivity contribution in [3.63, 3.8) is 0 Å². The fourth-order valence-electron chi connectivity index (χ4n) is 2.86. The molecule has 0 aromatic carbocycles. The molecule has 1 aliphatic carbocycles. The third kappa shape index (κ3) is 2.91. The van der Waals surface area contributed by atoms with E-state index in [-0.39, 0.29) is 35.6 Å². The van der Waals surface area contributed by atoms with Crippen LogP contribution in [0, 0.1) is 11.3 Å². The number of rotatable bonds is 2. The number of hydrogen-bond donors (Lipinski definition) is 0. The minimum absolute atomic E-state index is 0.0970. The molecule has 0 amide bonds. The van der Waals surface area contributed by atoms with Crippen molar-refractivity contribution in [2.24, 2.45) is 11.3 Å². The van der Waals surface area contributed by atoms with Gasteiger partial charge in [0.05, 0.1) is 24.2 Å². The van der Waals surface area contributed by atoms with Gasteiger partial charge in [0.15, 0.2) is 0 Å². The molecule has 0 unspecified atom stereocenters. The van der Waals surface area contributed by atoms with Gasteiger partial charge < -0.3 is 14.0 Å². The van der Waals surface area contributed by atoms with Crippen LogP contribution in [-0.4, -0.2) is 31.4 Å². The summed E-state index contributed by atoms with van der Waals surface area (Å²) in [6, 6.07) is 0. The van der Waals surface area contributed by atoms with E-state index in [2.05, 4.69) is 19.9 Å². The fourth-order valence-corrected chi connectivity index (χ4v) is 2.86. The molecule has 21 heavy (non-hydrogen) atoms. The van der Waals surface area contributed by atoms with E-state index in [0.717, 1.165) is 11.9 Å². The Morgan fingerprint density at radius 1 is 1.19 bits per heavy atom. The van der Waals surface area contributed by atoms with Crippen LogP contribution in [-0.2, 0) is 18.8 Å². The predicted molar refractivity (Wildman–Crippen MR) is 82.7 cm³/mol. The van der Waals surface area contributed by atoms with Crippen molar-refractivity contribution >= 4 is 13.1 Å². The van der Waals surface area contributed by atoms with Crippen molar-refractivity contribution < 1.29 is 18.8 Å². The van der Waals surface area contributed by atoms with Crippen LogP contribution >= 0.6 is 0 Å². The highest BCUT2D eigenvalue weighted by Crippen LogP contribution is 2.45. The molecule has 0 spiro atoms. The van der Waals surface area contributed by atoms with Crippen molar-refractivity contribution in [3.8, 4) is 0 Å². The first-order chi connectivity index (χ1) is 9.50. The lowest BCUT2D eigenvalue weighted by Gasteiger charge is -2.36. The molecule has 118 valence electrons. The third-order valence-electron chi connectivity index (χ3n) is 5.32. The summed E-state index contributed by atoms with van der Waals surface area (Å²) in [6.45, 7) is 12.4. The van der Waals surface area contributed by atoms with Gasteiger partial charge in [0.25, 0.3) is 0 Å². The highest BCUT2D eigenvalue weighted by Gasteiger charge is 2.53. The van der Waals surface area contributed by atoms with Gasteiger partial charge in [-0.05, 0) is 51.4 Å². The van der Waals surface area contributed by atoms with Gasteiger partial charge in [-0.2, -0.15) is 0 Å². The zero-order valence-electron chi connectivity index (χ0n) is 14.3. The van der Waals surface area contributed by atoms with Crippen molar-refractivity contribution in [3.05, 3.63) is 11.5 Å². The van der Waals surface area contributed by atoms with Crippen LogP contribution < -0.4 is 0 Å². The quantitative estimate of drug-likeness (QED) is 0.579. The first-order valence-corrected chi connectivity index (χ1v) is 7.62. The van der Waals surface area contributed by atoms with Crippen LogP contribution in [0.4, 0.5) is 0 Å². The average molecular weight is 294 g/mol. The zero-order chi connectivity index (χ0) is 16.1. The molecular weight excluding hydrogens is 267 g/mol. The summed E-state index contributed by atoms with van der Waals surface area (Å²) in [5.74, 6) is -0.302. The second-order valence-corrected chi connectivity index (χ2v) is 7.84. The second kappa shape index (κ2) is 5.13. The third-order valence-corrected chi connectivity index (χ3v) is 5.32. The average Bonchev–Trinajstić information content (AvgIpc) is 2.57. The zero-order valence-corrected chi connectivity index (χ0v) is 14.3. The van der Waals surface area contributed by atoms with Crippen molar-refractivity contribution in [2.45, 2.75) is 65.6 Å². The molecule has 2 aliphatic rings. The lowest BCUT2D eigenvalue weighted by molar-refractivity contribution is -0.149. The summed E-state index contributed by atoms with van der Waals surface area (Å²) < 4.78 is 17.2. The van der Waals surface area contributed by atoms with Gasteiger partial charge in [-0.15, -0.1) is 0 Å². The molecule has 4 nitrogen and oxygen atoms in total. The Balaban J connectivity index is 2.20. The van der Waals surface area contributed by atoms with Crippen LogP contribution in [0.2, 0.25) is 0 Å². The van der Waals surface area contributed by atoms with Crippen LogP contribution in [0.25, 0.3) is 0 Å². The number of allylic oxidation sites excluding steroid dienone is 2. The van der Waals surface area contributed by atoms with Crippen molar-refractivity contribution in [1.82, 2.24) is 0 Å². The standard InChI is InChI=1S/C16H27BO4/c1-14(2)9-8-11(10-12(14)13(18)19-7)17-20-15(3,4)16(5,6)21-17/h8,12H,9-10H2,1-7H3/t12-/m0/s1.